The van der Waals surface area contributed by atoms with Crippen molar-refractivity contribution in [2.75, 3.05) is 6.61 Å². The van der Waals surface area contributed by atoms with Crippen molar-refractivity contribution in [2.45, 2.75) is 12.5 Å². The summed E-state index contributed by atoms with van der Waals surface area (Å²) in [5, 5.41) is 8.57. The Hall–Kier alpha value is -0.710. The third kappa shape index (κ3) is 2.41. The number of benzene rings is 1. The number of halogens is 3. The topological polar surface area (TPSA) is 46.2 Å². The van der Waals surface area contributed by atoms with Crippen molar-refractivity contribution in [1.82, 2.24) is 0 Å². The van der Waals surface area contributed by atoms with Crippen molar-refractivity contribution in [2.24, 2.45) is 5.73 Å². The lowest BCUT2D eigenvalue weighted by Crippen LogP contribution is -2.15. The van der Waals surface area contributed by atoms with Gasteiger partial charge in [0.05, 0.1) is 0 Å². The van der Waals surface area contributed by atoms with Crippen LogP contribution in [-0.4, -0.2) is 11.7 Å². The Labute approximate surface area is 85.3 Å². The van der Waals surface area contributed by atoms with E-state index in [1.54, 1.807) is 0 Å². The second kappa shape index (κ2) is 4.68. The molecule has 0 aromatic heterocycles. The van der Waals surface area contributed by atoms with Crippen molar-refractivity contribution >= 4 is 11.6 Å². The Kier molecular flexibility index (Phi) is 3.80. The van der Waals surface area contributed by atoms with Gasteiger partial charge in [-0.2, -0.15) is 0 Å². The number of hydrogen-bond acceptors (Lipinski definition) is 2. The molecule has 1 aromatic carbocycles. The van der Waals surface area contributed by atoms with Crippen LogP contribution in [-0.2, 0) is 0 Å². The third-order valence-electron chi connectivity index (χ3n) is 1.85. The van der Waals surface area contributed by atoms with Crippen LogP contribution < -0.4 is 5.73 Å². The van der Waals surface area contributed by atoms with Gasteiger partial charge in [0.25, 0.3) is 0 Å². The zero-order valence-corrected chi connectivity index (χ0v) is 8.06. The summed E-state index contributed by atoms with van der Waals surface area (Å²) < 4.78 is 26.4. The van der Waals surface area contributed by atoms with E-state index in [-0.39, 0.29) is 23.6 Å². The molecule has 0 radical (unpaired) electrons. The van der Waals surface area contributed by atoms with Gasteiger partial charge in [-0.3, -0.25) is 0 Å². The van der Waals surface area contributed by atoms with E-state index in [4.69, 9.17) is 22.4 Å². The molecule has 0 heterocycles. The summed E-state index contributed by atoms with van der Waals surface area (Å²) in [5.41, 5.74) is 5.24. The molecular formula is C9H10ClF2NO. The summed E-state index contributed by atoms with van der Waals surface area (Å²) in [6, 6.07) is 1.14. The van der Waals surface area contributed by atoms with E-state index in [0.29, 0.717) is 0 Å². The van der Waals surface area contributed by atoms with Gasteiger partial charge >= 0.3 is 0 Å². The Morgan fingerprint density at radius 3 is 2.29 bits per heavy atom. The van der Waals surface area contributed by atoms with Gasteiger partial charge in [0, 0.05) is 23.2 Å². The third-order valence-corrected chi connectivity index (χ3v) is 2.07. The molecular weight excluding hydrogens is 212 g/mol. The second-order valence-corrected chi connectivity index (χ2v) is 3.34. The van der Waals surface area contributed by atoms with Gasteiger partial charge in [-0.1, -0.05) is 11.6 Å². The quantitative estimate of drug-likeness (QED) is 0.820. The van der Waals surface area contributed by atoms with Crippen molar-refractivity contribution in [3.63, 3.8) is 0 Å². The lowest BCUT2D eigenvalue weighted by Gasteiger charge is -2.12. The van der Waals surface area contributed by atoms with Crippen LogP contribution in [0.2, 0.25) is 5.02 Å². The van der Waals surface area contributed by atoms with Crippen molar-refractivity contribution in [1.29, 1.82) is 0 Å². The fraction of sp³-hybridized carbons (Fsp3) is 0.333. The first kappa shape index (κ1) is 11.4. The number of aliphatic hydroxyl groups excluding tert-OH is 1. The molecule has 0 unspecified atom stereocenters. The number of hydrogen-bond donors (Lipinski definition) is 2. The minimum atomic E-state index is -0.850. The normalized spacial score (nSPS) is 12.9. The van der Waals surface area contributed by atoms with Gasteiger partial charge in [-0.25, -0.2) is 8.78 Å². The standard InChI is InChI=1S/C9H10ClF2NO/c10-5-3-6(11)9(7(12)4-5)8(13)1-2-14/h3-4,8,14H,1-2,13H2/t8-/m0/s1. The average molecular weight is 222 g/mol. The highest BCUT2D eigenvalue weighted by Crippen LogP contribution is 2.24. The molecule has 1 rings (SSSR count). The average Bonchev–Trinajstić information content (AvgIpc) is 2.01. The largest absolute Gasteiger partial charge is 0.396 e. The smallest absolute Gasteiger partial charge is 0.132 e. The molecule has 5 heteroatoms. The lowest BCUT2D eigenvalue weighted by atomic mass is 10.0. The van der Waals surface area contributed by atoms with E-state index in [1.807, 2.05) is 0 Å². The van der Waals surface area contributed by atoms with Crippen LogP contribution >= 0.6 is 11.6 Å². The molecule has 2 nitrogen and oxygen atoms in total. The molecule has 0 aliphatic heterocycles. The Morgan fingerprint density at radius 2 is 1.86 bits per heavy atom. The van der Waals surface area contributed by atoms with Crippen LogP contribution in [0.5, 0.6) is 0 Å². The highest BCUT2D eigenvalue weighted by molar-refractivity contribution is 6.30. The molecule has 0 amide bonds. The minimum Gasteiger partial charge on any atom is -0.396 e. The summed E-state index contributed by atoms with van der Waals surface area (Å²) >= 11 is 5.43. The summed E-state index contributed by atoms with van der Waals surface area (Å²) in [4.78, 5) is 0. The molecule has 78 valence electrons. The van der Waals surface area contributed by atoms with Crippen LogP contribution in [0, 0.1) is 11.6 Å². The lowest BCUT2D eigenvalue weighted by molar-refractivity contribution is 0.274. The molecule has 1 atom stereocenters. The van der Waals surface area contributed by atoms with Gasteiger partial charge in [-0.05, 0) is 18.6 Å². The monoisotopic (exact) mass is 221 g/mol. The van der Waals surface area contributed by atoms with Crippen molar-refractivity contribution < 1.29 is 13.9 Å². The highest BCUT2D eigenvalue weighted by Gasteiger charge is 2.17. The fourth-order valence-electron chi connectivity index (χ4n) is 1.19. The molecule has 0 bridgehead atoms. The predicted octanol–water partition coefficient (Wildman–Crippen LogP) is 2.00. The molecule has 14 heavy (non-hydrogen) atoms. The Morgan fingerprint density at radius 1 is 1.36 bits per heavy atom. The van der Waals surface area contributed by atoms with Crippen LogP contribution in [0.1, 0.15) is 18.0 Å². The molecule has 0 saturated heterocycles. The maximum Gasteiger partial charge on any atom is 0.132 e. The fourth-order valence-corrected chi connectivity index (χ4v) is 1.38. The molecule has 3 N–H and O–H groups in total. The van der Waals surface area contributed by atoms with Gasteiger partial charge in [-0.15, -0.1) is 0 Å². The van der Waals surface area contributed by atoms with E-state index >= 15 is 0 Å². The second-order valence-electron chi connectivity index (χ2n) is 2.90. The van der Waals surface area contributed by atoms with Crippen LogP contribution in [0.25, 0.3) is 0 Å². The molecule has 0 aliphatic carbocycles. The highest BCUT2D eigenvalue weighted by atomic mass is 35.5. The van der Waals surface area contributed by atoms with Gasteiger partial charge in [0.2, 0.25) is 0 Å². The zero-order valence-electron chi connectivity index (χ0n) is 7.30. The maximum absolute atomic E-state index is 13.2. The van der Waals surface area contributed by atoms with E-state index in [0.717, 1.165) is 12.1 Å². The number of rotatable bonds is 3. The summed E-state index contributed by atoms with van der Waals surface area (Å²) in [6.07, 6.45) is 0.107. The van der Waals surface area contributed by atoms with E-state index in [1.165, 1.54) is 0 Å². The van der Waals surface area contributed by atoms with E-state index in [2.05, 4.69) is 0 Å². The molecule has 1 aromatic rings. The van der Waals surface area contributed by atoms with Gasteiger partial charge in [0.1, 0.15) is 11.6 Å². The van der Waals surface area contributed by atoms with E-state index in [9.17, 15) is 8.78 Å². The first-order chi connectivity index (χ1) is 6.56. The van der Waals surface area contributed by atoms with E-state index < -0.39 is 17.7 Å². The van der Waals surface area contributed by atoms with Crippen LogP contribution in [0.3, 0.4) is 0 Å². The summed E-state index contributed by atoms with van der Waals surface area (Å²) in [5.74, 6) is -1.56. The molecule has 0 aliphatic rings. The molecule has 0 fully saturated rings. The molecule has 0 saturated carbocycles. The zero-order chi connectivity index (χ0) is 10.7. The minimum absolute atomic E-state index is 0.0139. The van der Waals surface area contributed by atoms with Crippen molar-refractivity contribution in [3.05, 3.63) is 34.4 Å². The maximum atomic E-state index is 13.2. The first-order valence-electron chi connectivity index (χ1n) is 4.07. The first-order valence-corrected chi connectivity index (χ1v) is 4.45. The Balaban J connectivity index is 3.07. The summed E-state index contributed by atoms with van der Waals surface area (Å²) in [6.45, 7) is -0.220. The predicted molar refractivity (Wildman–Crippen MR) is 50.0 cm³/mol. The van der Waals surface area contributed by atoms with Gasteiger partial charge in [0.15, 0.2) is 0 Å². The summed E-state index contributed by atoms with van der Waals surface area (Å²) in [7, 11) is 0. The van der Waals surface area contributed by atoms with Gasteiger partial charge < -0.3 is 10.8 Å². The van der Waals surface area contributed by atoms with Crippen molar-refractivity contribution in [3.8, 4) is 0 Å². The Bertz CT molecular complexity index is 310. The number of aliphatic hydroxyl groups is 1. The molecule has 0 spiro atoms. The van der Waals surface area contributed by atoms with Crippen LogP contribution in [0.15, 0.2) is 12.1 Å². The number of nitrogens with two attached hydrogens (primary N) is 1. The van der Waals surface area contributed by atoms with Crippen LogP contribution in [0.4, 0.5) is 8.78 Å². The SMILES string of the molecule is N[C@@H](CCO)c1c(F)cc(Cl)cc1F.